The Hall–Kier alpha value is -3.78. The van der Waals surface area contributed by atoms with Crippen molar-refractivity contribution < 1.29 is 28.3 Å². The van der Waals surface area contributed by atoms with E-state index in [0.717, 1.165) is 16.4 Å². The van der Waals surface area contributed by atoms with E-state index < -0.39 is 36.1 Å². The quantitative estimate of drug-likeness (QED) is 0.414. The zero-order chi connectivity index (χ0) is 23.5. The molecule has 4 rings (SSSR count). The van der Waals surface area contributed by atoms with Gasteiger partial charge in [0.25, 0.3) is 17.7 Å². The van der Waals surface area contributed by atoms with Crippen molar-refractivity contribution in [3.05, 3.63) is 76.6 Å². The molecule has 0 bridgehead atoms. The number of rotatable bonds is 7. The van der Waals surface area contributed by atoms with Gasteiger partial charge in [-0.3, -0.25) is 24.1 Å². The van der Waals surface area contributed by atoms with E-state index in [1.165, 1.54) is 12.1 Å². The van der Waals surface area contributed by atoms with Gasteiger partial charge in [-0.05, 0) is 42.1 Å². The molecule has 33 heavy (non-hydrogen) atoms. The Morgan fingerprint density at radius 3 is 2.30 bits per heavy atom. The normalized spacial score (nSPS) is 12.7. The van der Waals surface area contributed by atoms with E-state index in [1.54, 1.807) is 24.3 Å². The summed E-state index contributed by atoms with van der Waals surface area (Å²) in [5.74, 6) is -2.93. The first kappa shape index (κ1) is 22.4. The molecule has 1 N–H and O–H groups in total. The lowest BCUT2D eigenvalue weighted by molar-refractivity contribution is -0.147. The van der Waals surface area contributed by atoms with Gasteiger partial charge in [-0.15, -0.1) is 0 Å². The van der Waals surface area contributed by atoms with Gasteiger partial charge in [0.05, 0.1) is 5.69 Å². The van der Waals surface area contributed by atoms with E-state index in [0.29, 0.717) is 16.5 Å². The van der Waals surface area contributed by atoms with Crippen LogP contribution in [0.1, 0.15) is 33.6 Å². The number of benzene rings is 3. The van der Waals surface area contributed by atoms with Gasteiger partial charge in [-0.2, -0.15) is 0 Å². The van der Waals surface area contributed by atoms with E-state index in [-0.39, 0.29) is 30.1 Å². The fraction of sp³-hybridized carbons (Fsp3) is 0.167. The van der Waals surface area contributed by atoms with Crippen molar-refractivity contribution in [3.8, 4) is 0 Å². The minimum Gasteiger partial charge on any atom is -0.456 e. The molecule has 3 aromatic rings. The summed E-state index contributed by atoms with van der Waals surface area (Å²) in [5.41, 5.74) is 0.797. The predicted molar refractivity (Wildman–Crippen MR) is 120 cm³/mol. The van der Waals surface area contributed by atoms with Gasteiger partial charge in [0.15, 0.2) is 6.61 Å². The molecule has 0 unspecified atom stereocenters. The van der Waals surface area contributed by atoms with Gasteiger partial charge in [-0.25, -0.2) is 4.39 Å². The summed E-state index contributed by atoms with van der Waals surface area (Å²) in [4.78, 5) is 50.6. The summed E-state index contributed by atoms with van der Waals surface area (Å²) in [7, 11) is 0. The number of nitrogens with zero attached hydrogens (tertiary/aromatic N) is 1. The third-order valence-corrected chi connectivity index (χ3v) is 5.42. The monoisotopic (exact) mass is 468 g/mol. The van der Waals surface area contributed by atoms with Crippen LogP contribution in [0.2, 0.25) is 5.02 Å². The predicted octanol–water partition coefficient (Wildman–Crippen LogP) is 4.19. The molecule has 3 aromatic carbocycles. The van der Waals surface area contributed by atoms with Crippen molar-refractivity contribution in [2.45, 2.75) is 12.8 Å². The van der Waals surface area contributed by atoms with Crippen molar-refractivity contribution in [2.75, 3.05) is 18.5 Å². The van der Waals surface area contributed by atoms with Crippen molar-refractivity contribution in [2.24, 2.45) is 0 Å². The molecule has 7 nitrogen and oxygen atoms in total. The van der Waals surface area contributed by atoms with E-state index in [9.17, 15) is 23.6 Å². The lowest BCUT2D eigenvalue weighted by atomic mass is 9.94. The molecule has 9 heteroatoms. The lowest BCUT2D eigenvalue weighted by Gasteiger charge is -2.27. The Morgan fingerprint density at radius 1 is 1.00 bits per heavy atom. The highest BCUT2D eigenvalue weighted by atomic mass is 35.5. The second-order valence-corrected chi connectivity index (χ2v) is 7.84. The fourth-order valence-electron chi connectivity index (χ4n) is 3.66. The maximum absolute atomic E-state index is 13.7. The third-order valence-electron chi connectivity index (χ3n) is 5.19. The second-order valence-electron chi connectivity index (χ2n) is 7.41. The molecule has 0 saturated heterocycles. The Kier molecular flexibility index (Phi) is 6.37. The Labute approximate surface area is 193 Å². The molecule has 3 amide bonds. The van der Waals surface area contributed by atoms with Gasteiger partial charge >= 0.3 is 5.97 Å². The topological polar surface area (TPSA) is 92.8 Å². The van der Waals surface area contributed by atoms with Crippen LogP contribution in [0.3, 0.4) is 0 Å². The summed E-state index contributed by atoms with van der Waals surface area (Å²) >= 11 is 5.66. The lowest BCUT2D eigenvalue weighted by Crippen LogP contribution is -2.41. The summed E-state index contributed by atoms with van der Waals surface area (Å²) < 4.78 is 18.6. The summed E-state index contributed by atoms with van der Waals surface area (Å²) in [5, 5.41) is 3.91. The number of amides is 3. The Bertz CT molecular complexity index is 1240. The van der Waals surface area contributed by atoms with Crippen molar-refractivity contribution in [3.63, 3.8) is 0 Å². The first-order valence-electron chi connectivity index (χ1n) is 10.1. The number of ether oxygens (including phenoxy) is 1. The zero-order valence-corrected chi connectivity index (χ0v) is 18.0. The average Bonchev–Trinajstić information content (AvgIpc) is 2.80. The average molecular weight is 469 g/mol. The summed E-state index contributed by atoms with van der Waals surface area (Å²) in [6, 6.07) is 14.3. The van der Waals surface area contributed by atoms with E-state index in [1.807, 2.05) is 12.1 Å². The number of imide groups is 1. The van der Waals surface area contributed by atoms with E-state index >= 15 is 0 Å². The number of nitrogens with one attached hydrogen (secondary N) is 1. The molecule has 1 aliphatic heterocycles. The van der Waals surface area contributed by atoms with Crippen LogP contribution in [0.5, 0.6) is 0 Å². The largest absolute Gasteiger partial charge is 0.456 e. The van der Waals surface area contributed by atoms with Crippen LogP contribution in [0.4, 0.5) is 10.1 Å². The maximum Gasteiger partial charge on any atom is 0.306 e. The highest BCUT2D eigenvalue weighted by Crippen LogP contribution is 2.30. The number of halogens is 2. The van der Waals surface area contributed by atoms with Gasteiger partial charge in [0.2, 0.25) is 0 Å². The Balaban J connectivity index is 1.29. The molecular formula is C24H18ClFN2O5. The van der Waals surface area contributed by atoms with Gasteiger partial charge in [0, 0.05) is 34.5 Å². The molecule has 1 aliphatic rings. The fourth-order valence-corrected chi connectivity index (χ4v) is 3.82. The SMILES string of the molecule is O=C(COC(=O)CCCN1C(=O)c2cccc3cccc(c23)C1=O)Nc1ccc(Cl)cc1F. The van der Waals surface area contributed by atoms with Crippen LogP contribution in [-0.2, 0) is 14.3 Å². The van der Waals surface area contributed by atoms with Gasteiger partial charge < -0.3 is 10.1 Å². The van der Waals surface area contributed by atoms with E-state index in [2.05, 4.69) is 5.32 Å². The van der Waals surface area contributed by atoms with E-state index in [4.69, 9.17) is 16.3 Å². The molecule has 0 spiro atoms. The first-order chi connectivity index (χ1) is 15.8. The van der Waals surface area contributed by atoms with Gasteiger partial charge in [-0.1, -0.05) is 35.9 Å². The van der Waals surface area contributed by atoms with Crippen molar-refractivity contribution in [1.29, 1.82) is 0 Å². The third kappa shape index (κ3) is 4.70. The molecule has 0 radical (unpaired) electrons. The molecular weight excluding hydrogens is 451 g/mol. The van der Waals surface area contributed by atoms with Crippen LogP contribution in [0.25, 0.3) is 10.8 Å². The number of anilines is 1. The first-order valence-corrected chi connectivity index (χ1v) is 10.5. The highest BCUT2D eigenvalue weighted by molar-refractivity contribution is 6.30. The van der Waals surface area contributed by atoms with Crippen LogP contribution in [0.15, 0.2) is 54.6 Å². The molecule has 0 aliphatic carbocycles. The molecule has 1 heterocycles. The standard InChI is InChI=1S/C24H18ClFN2O5/c25-15-9-10-19(18(26)12-15)27-20(29)13-33-21(30)8-3-11-28-23(31)16-6-1-4-14-5-2-7-17(22(14)16)24(28)32/h1-2,4-7,9-10,12H,3,8,11,13H2,(H,27,29). The smallest absolute Gasteiger partial charge is 0.306 e. The zero-order valence-electron chi connectivity index (χ0n) is 17.3. The Morgan fingerprint density at radius 2 is 1.67 bits per heavy atom. The van der Waals surface area contributed by atoms with Gasteiger partial charge in [0.1, 0.15) is 5.82 Å². The van der Waals surface area contributed by atoms with Crippen LogP contribution >= 0.6 is 11.6 Å². The number of carbonyl (C=O) groups excluding carboxylic acids is 4. The molecule has 0 fully saturated rings. The van der Waals surface area contributed by atoms with Crippen molar-refractivity contribution >= 4 is 51.8 Å². The minimum atomic E-state index is -0.713. The summed E-state index contributed by atoms with van der Waals surface area (Å²) in [6.45, 7) is -0.572. The second kappa shape index (κ2) is 9.38. The number of carbonyl (C=O) groups is 4. The highest BCUT2D eigenvalue weighted by Gasteiger charge is 2.32. The summed E-state index contributed by atoms with van der Waals surface area (Å²) in [6.07, 6.45) is 0.0629. The minimum absolute atomic E-state index is 0.0275. The van der Waals surface area contributed by atoms with Crippen LogP contribution in [-0.4, -0.2) is 41.7 Å². The molecule has 0 saturated carbocycles. The van der Waals surface area contributed by atoms with Crippen molar-refractivity contribution in [1.82, 2.24) is 4.90 Å². The van der Waals surface area contributed by atoms with Crippen LogP contribution < -0.4 is 5.32 Å². The number of esters is 1. The number of hydrogen-bond acceptors (Lipinski definition) is 5. The number of hydrogen-bond donors (Lipinski definition) is 1. The molecule has 168 valence electrons. The van der Waals surface area contributed by atoms with Crippen LogP contribution in [0, 0.1) is 5.82 Å². The molecule has 0 atom stereocenters. The molecule has 0 aromatic heterocycles. The maximum atomic E-state index is 13.7.